The third-order valence-corrected chi connectivity index (χ3v) is 3.70. The summed E-state index contributed by atoms with van der Waals surface area (Å²) in [5, 5.41) is 0. The van der Waals surface area contributed by atoms with Crippen LogP contribution in [0.1, 0.15) is 20.8 Å². The fraction of sp³-hybridized carbons (Fsp3) is 0.235. The van der Waals surface area contributed by atoms with Gasteiger partial charge in [0.15, 0.2) is 0 Å². The van der Waals surface area contributed by atoms with Crippen molar-refractivity contribution in [1.82, 2.24) is 9.97 Å². The summed E-state index contributed by atoms with van der Waals surface area (Å²) in [6, 6.07) is 11.6. The van der Waals surface area contributed by atoms with Crippen LogP contribution in [0.15, 0.2) is 54.9 Å². The van der Waals surface area contributed by atoms with E-state index in [-0.39, 0.29) is 12.8 Å². The molecule has 0 amide bonds. The average Bonchev–Trinajstić information content (AvgIpc) is 2.47. The molecule has 122 valence electrons. The Balaban J connectivity index is 0.000000402. The number of hydrogen-bond donors (Lipinski definition) is 0. The molecule has 22 heavy (non-hydrogen) atoms. The van der Waals surface area contributed by atoms with Crippen LogP contribution in [0.3, 0.4) is 0 Å². The predicted octanol–water partition coefficient (Wildman–Crippen LogP) is 5.51. The Labute approximate surface area is 146 Å². The molecule has 0 aliphatic rings. The van der Waals surface area contributed by atoms with Crippen LogP contribution in [-0.2, 0) is 13.5 Å². The Bertz CT molecular complexity index is 560. The summed E-state index contributed by atoms with van der Waals surface area (Å²) < 4.78 is 2.93. The Morgan fingerprint density at radius 2 is 1.41 bits per heavy atom. The van der Waals surface area contributed by atoms with Crippen molar-refractivity contribution in [3.8, 4) is 11.4 Å². The van der Waals surface area contributed by atoms with Crippen molar-refractivity contribution in [2.45, 2.75) is 20.8 Å². The van der Waals surface area contributed by atoms with Gasteiger partial charge in [0, 0.05) is 12.4 Å². The second-order valence-electron chi connectivity index (χ2n) is 5.23. The third kappa shape index (κ3) is 9.98. The molecule has 2 rings (SSSR count). The first kappa shape index (κ1) is 21.2. The molecule has 2 aromatic rings. The van der Waals surface area contributed by atoms with Crippen molar-refractivity contribution in [3.63, 3.8) is 0 Å². The number of halogens is 2. The SMILES string of the molecule is CC(C)(C)C=[C]=[Ru]([Cl])[Cl].[CH3-].c1ccc(-c2ccccn2)nc1. The molecule has 0 radical (unpaired) electrons. The zero-order valence-electron chi connectivity index (χ0n) is 13.2. The molecule has 0 bridgehead atoms. The first-order chi connectivity index (χ1) is 9.88. The van der Waals surface area contributed by atoms with E-state index in [0.717, 1.165) is 11.4 Å². The molecule has 0 aliphatic carbocycles. The maximum atomic E-state index is 5.55. The van der Waals surface area contributed by atoms with E-state index < -0.39 is 13.5 Å². The summed E-state index contributed by atoms with van der Waals surface area (Å²) >= 11 is -1.67. The van der Waals surface area contributed by atoms with Crippen LogP contribution in [0.5, 0.6) is 0 Å². The minimum absolute atomic E-state index is 0. The summed E-state index contributed by atoms with van der Waals surface area (Å²) in [7, 11) is 11.1. The van der Waals surface area contributed by atoms with Gasteiger partial charge in [-0.25, -0.2) is 0 Å². The monoisotopic (exact) mass is 425 g/mol. The Morgan fingerprint density at radius 1 is 0.955 bits per heavy atom. The zero-order chi connectivity index (χ0) is 15.7. The molecular formula is C17H21Cl2N2Ru-. The zero-order valence-corrected chi connectivity index (χ0v) is 16.5. The van der Waals surface area contributed by atoms with Crippen molar-refractivity contribution in [1.29, 1.82) is 0 Å². The van der Waals surface area contributed by atoms with Gasteiger partial charge in [-0.2, -0.15) is 0 Å². The van der Waals surface area contributed by atoms with E-state index in [1.807, 2.05) is 42.5 Å². The maximum Gasteiger partial charge on any atom is 0.0886 e. The second-order valence-corrected chi connectivity index (χ2v) is 10.6. The van der Waals surface area contributed by atoms with Gasteiger partial charge in [0.25, 0.3) is 0 Å². The van der Waals surface area contributed by atoms with Crippen LogP contribution in [0, 0.1) is 12.8 Å². The van der Waals surface area contributed by atoms with E-state index in [0.29, 0.717) is 0 Å². The number of rotatable bonds is 1. The van der Waals surface area contributed by atoms with E-state index >= 15 is 0 Å². The molecule has 5 heteroatoms. The quantitative estimate of drug-likeness (QED) is 0.445. The molecule has 2 heterocycles. The van der Waals surface area contributed by atoms with Crippen LogP contribution in [0.25, 0.3) is 11.4 Å². The summed E-state index contributed by atoms with van der Waals surface area (Å²) in [6.45, 7) is 6.27. The molecule has 0 spiro atoms. The Kier molecular flexibility index (Phi) is 10.4. The Morgan fingerprint density at radius 3 is 1.64 bits per heavy atom. The number of nitrogens with zero attached hydrogens (tertiary/aromatic N) is 2. The normalized spacial score (nSPS) is 10.3. The van der Waals surface area contributed by atoms with Gasteiger partial charge in [-0.05, 0) is 24.3 Å². The predicted molar refractivity (Wildman–Crippen MR) is 94.6 cm³/mol. The number of allylic oxidation sites excluding steroid dienone is 1. The van der Waals surface area contributed by atoms with Crippen molar-refractivity contribution >= 4 is 23.6 Å². The van der Waals surface area contributed by atoms with E-state index in [1.54, 1.807) is 12.4 Å². The largest absolute Gasteiger partial charge is 0.358 e. The van der Waals surface area contributed by atoms with Gasteiger partial charge in [-0.3, -0.25) is 9.97 Å². The molecule has 0 N–H and O–H groups in total. The second kappa shape index (κ2) is 10.8. The van der Waals surface area contributed by atoms with E-state index in [2.05, 4.69) is 35.0 Å². The summed E-state index contributed by atoms with van der Waals surface area (Å²) in [6.07, 6.45) is 5.47. The van der Waals surface area contributed by atoms with Crippen molar-refractivity contribution in [3.05, 3.63) is 62.3 Å². The molecule has 0 saturated carbocycles. The first-order valence-corrected chi connectivity index (χ1v) is 11.7. The molecule has 2 nitrogen and oxygen atoms in total. The molecule has 0 aliphatic heterocycles. The van der Waals surface area contributed by atoms with Gasteiger partial charge >= 0.3 is 69.4 Å². The fourth-order valence-corrected chi connectivity index (χ4v) is 2.62. The van der Waals surface area contributed by atoms with Crippen molar-refractivity contribution in [2.75, 3.05) is 0 Å². The van der Waals surface area contributed by atoms with Crippen LogP contribution in [0.4, 0.5) is 0 Å². The molecule has 0 atom stereocenters. The number of hydrogen-bond acceptors (Lipinski definition) is 2. The van der Waals surface area contributed by atoms with Crippen molar-refractivity contribution < 1.29 is 13.5 Å². The topological polar surface area (TPSA) is 25.8 Å². The molecule has 0 saturated heterocycles. The number of pyridine rings is 2. The van der Waals surface area contributed by atoms with Gasteiger partial charge in [0.2, 0.25) is 0 Å². The molecule has 0 unspecified atom stereocenters. The molecule has 2 aromatic heterocycles. The summed E-state index contributed by atoms with van der Waals surface area (Å²) in [5.41, 5.74) is 1.99. The maximum absolute atomic E-state index is 5.55. The first-order valence-electron chi connectivity index (χ1n) is 6.31. The molecule has 0 aromatic carbocycles. The van der Waals surface area contributed by atoms with Gasteiger partial charge in [0.1, 0.15) is 0 Å². The van der Waals surface area contributed by atoms with Crippen LogP contribution in [-0.4, -0.2) is 14.2 Å². The fourth-order valence-electron chi connectivity index (χ4n) is 1.22. The van der Waals surface area contributed by atoms with Gasteiger partial charge in [0.05, 0.1) is 11.4 Å². The standard InChI is InChI=1S/C10H8N2.C6H10.CH3.2ClH.Ru/c1-3-7-11-9(5-1)10-6-2-4-8-12-10;1-5-6(2,3)4;;;;/h1-8H;5H,2-4H3;1H3;2*1H;/q;;-1;;;+2/p-2. The van der Waals surface area contributed by atoms with Gasteiger partial charge < -0.3 is 7.43 Å². The van der Waals surface area contributed by atoms with Crippen molar-refractivity contribution in [2.24, 2.45) is 5.41 Å². The van der Waals surface area contributed by atoms with Crippen LogP contribution >= 0.6 is 19.4 Å². The van der Waals surface area contributed by atoms with E-state index in [4.69, 9.17) is 19.4 Å². The van der Waals surface area contributed by atoms with Crippen LogP contribution < -0.4 is 0 Å². The van der Waals surface area contributed by atoms with Gasteiger partial charge in [-0.15, -0.1) is 0 Å². The minimum Gasteiger partial charge on any atom is -0.358 e. The minimum atomic E-state index is -1.67. The molecule has 0 fully saturated rings. The molecular weight excluding hydrogens is 404 g/mol. The summed E-state index contributed by atoms with van der Waals surface area (Å²) in [5.74, 6) is 0. The van der Waals surface area contributed by atoms with E-state index in [1.165, 1.54) is 0 Å². The average molecular weight is 425 g/mol. The summed E-state index contributed by atoms with van der Waals surface area (Å²) in [4.78, 5) is 8.37. The van der Waals surface area contributed by atoms with Crippen LogP contribution in [0.2, 0.25) is 0 Å². The Hall–Kier alpha value is -0.847. The smallest absolute Gasteiger partial charge is 0.0886 e. The third-order valence-electron chi connectivity index (χ3n) is 2.15. The van der Waals surface area contributed by atoms with Gasteiger partial charge in [-0.1, -0.05) is 12.1 Å². The number of aromatic nitrogens is 2. The van der Waals surface area contributed by atoms with E-state index in [9.17, 15) is 0 Å².